The minimum Gasteiger partial charge on any atom is -0.467 e. The van der Waals surface area contributed by atoms with Gasteiger partial charge in [0.25, 0.3) is 5.91 Å². The molecule has 0 unspecified atom stereocenters. The lowest BCUT2D eigenvalue weighted by Gasteiger charge is -2.16. The molecule has 0 saturated carbocycles. The van der Waals surface area contributed by atoms with Gasteiger partial charge >= 0.3 is 0 Å². The van der Waals surface area contributed by atoms with Crippen molar-refractivity contribution in [3.8, 4) is 16.9 Å². The third kappa shape index (κ3) is 5.10. The first-order chi connectivity index (χ1) is 18.9. The van der Waals surface area contributed by atoms with E-state index in [0.717, 1.165) is 18.5 Å². The van der Waals surface area contributed by atoms with Crippen LogP contribution in [0.15, 0.2) is 93.4 Å². The normalized spacial score (nSPS) is 17.5. The summed E-state index contributed by atoms with van der Waals surface area (Å²) in [5.74, 6) is 0.423. The van der Waals surface area contributed by atoms with Gasteiger partial charge in [-0.1, -0.05) is 54.3 Å². The van der Waals surface area contributed by atoms with Crippen LogP contribution in [0.3, 0.4) is 0 Å². The molecule has 8 nitrogen and oxygen atoms in total. The Morgan fingerprint density at radius 3 is 2.56 bits per heavy atom. The number of rotatable bonds is 7. The predicted octanol–water partition coefficient (Wildman–Crippen LogP) is 5.32. The molecule has 2 aromatic heterocycles. The molecule has 0 radical (unpaired) electrons. The molecule has 198 valence electrons. The second-order valence-electron chi connectivity index (χ2n) is 9.20. The van der Waals surface area contributed by atoms with Crippen LogP contribution in [0.2, 0.25) is 0 Å². The Labute approximate surface area is 236 Å². The van der Waals surface area contributed by atoms with Crippen molar-refractivity contribution < 1.29 is 17.6 Å². The van der Waals surface area contributed by atoms with Gasteiger partial charge in [-0.15, -0.1) is 0 Å². The maximum Gasteiger partial charge on any atom is 0.266 e. The highest BCUT2D eigenvalue weighted by atomic mass is 32.2. The number of amides is 1. The van der Waals surface area contributed by atoms with Gasteiger partial charge in [0.1, 0.15) is 15.8 Å². The van der Waals surface area contributed by atoms with Crippen LogP contribution in [-0.2, 0) is 21.4 Å². The first kappa shape index (κ1) is 25.8. The molecule has 2 aromatic carbocycles. The van der Waals surface area contributed by atoms with Crippen LogP contribution in [0, 0.1) is 0 Å². The Kier molecular flexibility index (Phi) is 6.98. The van der Waals surface area contributed by atoms with E-state index in [0.29, 0.717) is 44.9 Å². The lowest BCUT2D eigenvalue weighted by atomic mass is 10.1. The summed E-state index contributed by atoms with van der Waals surface area (Å²) in [6, 6.07) is 20.0. The van der Waals surface area contributed by atoms with Crippen molar-refractivity contribution in [2.24, 2.45) is 0 Å². The number of benzene rings is 2. The average Bonchev–Trinajstić information content (AvgIpc) is 3.76. The van der Waals surface area contributed by atoms with Crippen molar-refractivity contribution in [3.05, 3.63) is 95.4 Å². The Bertz CT molecular complexity index is 1670. The molecule has 0 N–H and O–H groups in total. The Morgan fingerprint density at radius 2 is 1.82 bits per heavy atom. The Hall–Kier alpha value is -3.51. The van der Waals surface area contributed by atoms with Crippen LogP contribution < -0.4 is 0 Å². The molecule has 0 bridgehead atoms. The topological polar surface area (TPSA) is 88.6 Å². The van der Waals surface area contributed by atoms with E-state index in [1.807, 2.05) is 42.6 Å². The summed E-state index contributed by atoms with van der Waals surface area (Å²) in [5, 5.41) is 4.82. The molecule has 0 spiro atoms. The molecule has 4 aromatic rings. The van der Waals surface area contributed by atoms with Gasteiger partial charge in [0.2, 0.25) is 10.0 Å². The van der Waals surface area contributed by atoms with Crippen molar-refractivity contribution >= 4 is 50.3 Å². The zero-order valence-electron chi connectivity index (χ0n) is 20.8. The van der Waals surface area contributed by atoms with E-state index in [1.54, 1.807) is 47.4 Å². The number of para-hydroxylation sites is 1. The summed E-state index contributed by atoms with van der Waals surface area (Å²) in [7, 11) is -3.61. The summed E-state index contributed by atoms with van der Waals surface area (Å²) in [4.78, 5) is 15.5. The van der Waals surface area contributed by atoms with Gasteiger partial charge in [-0.2, -0.15) is 9.40 Å². The van der Waals surface area contributed by atoms with Crippen LogP contribution in [0.1, 0.15) is 24.2 Å². The molecule has 2 saturated heterocycles. The zero-order valence-corrected chi connectivity index (χ0v) is 23.2. The number of hydrogen-bond donors (Lipinski definition) is 0. The maximum atomic E-state index is 13.3. The molecular weight excluding hydrogens is 553 g/mol. The first-order valence-electron chi connectivity index (χ1n) is 12.4. The van der Waals surface area contributed by atoms with Crippen molar-refractivity contribution in [1.82, 2.24) is 19.0 Å². The van der Waals surface area contributed by atoms with Crippen molar-refractivity contribution in [2.75, 3.05) is 13.1 Å². The average molecular weight is 577 g/mol. The number of aromatic nitrogens is 2. The highest BCUT2D eigenvalue weighted by Crippen LogP contribution is 2.36. The van der Waals surface area contributed by atoms with Gasteiger partial charge in [-0.25, -0.2) is 13.1 Å². The molecule has 0 aliphatic carbocycles. The van der Waals surface area contributed by atoms with E-state index >= 15 is 0 Å². The van der Waals surface area contributed by atoms with E-state index in [4.69, 9.17) is 21.7 Å². The fraction of sp³-hybridized carbons (Fsp3) is 0.179. The molecule has 11 heteroatoms. The molecule has 39 heavy (non-hydrogen) atoms. The zero-order chi connectivity index (χ0) is 27.0. The Balaban J connectivity index is 1.40. The molecule has 2 aliphatic heterocycles. The van der Waals surface area contributed by atoms with Gasteiger partial charge in [0.15, 0.2) is 0 Å². The largest absolute Gasteiger partial charge is 0.467 e. The standard InChI is InChI=1S/C28H24N4O4S3/c33-27-25(38-28(37)31(27)19-23-11-7-15-36-23)17-21-18-32(22-9-2-1-3-10-22)29-26(21)20-8-6-12-24(16-20)39(34,35)30-13-4-5-14-30/h1-3,6-12,15-18H,4-5,13-14,19H2/b25-17-. The van der Waals surface area contributed by atoms with Gasteiger partial charge < -0.3 is 4.42 Å². The number of thioether (sulfide) groups is 1. The molecular formula is C28H24N4O4S3. The number of carbonyl (C=O) groups is 1. The van der Waals surface area contributed by atoms with Gasteiger partial charge in [-0.3, -0.25) is 9.69 Å². The summed E-state index contributed by atoms with van der Waals surface area (Å²) >= 11 is 6.72. The summed E-state index contributed by atoms with van der Waals surface area (Å²) in [6.45, 7) is 1.31. The number of nitrogens with zero attached hydrogens (tertiary/aromatic N) is 4. The molecule has 4 heterocycles. The highest BCUT2D eigenvalue weighted by Gasteiger charge is 2.33. The predicted molar refractivity (Wildman–Crippen MR) is 154 cm³/mol. The smallest absolute Gasteiger partial charge is 0.266 e. The number of hydrogen-bond acceptors (Lipinski definition) is 7. The molecule has 0 atom stereocenters. The molecule has 1 amide bonds. The summed E-state index contributed by atoms with van der Waals surface area (Å²) in [6.07, 6.45) is 6.90. The third-order valence-electron chi connectivity index (χ3n) is 6.63. The molecule has 2 aliphatic rings. The second kappa shape index (κ2) is 10.6. The van der Waals surface area contributed by atoms with Crippen LogP contribution in [0.4, 0.5) is 0 Å². The third-order valence-corrected chi connectivity index (χ3v) is 9.90. The Morgan fingerprint density at radius 1 is 1.03 bits per heavy atom. The number of furan rings is 1. The fourth-order valence-electron chi connectivity index (χ4n) is 4.65. The SMILES string of the molecule is O=C1/C(=C/c2cn(-c3ccccc3)nc2-c2cccc(S(=O)(=O)N3CCCC3)c2)SC(=S)N1Cc1ccco1. The monoisotopic (exact) mass is 576 g/mol. The van der Waals surface area contributed by atoms with Gasteiger partial charge in [0.05, 0.1) is 28.3 Å². The molecule has 2 fully saturated rings. The van der Waals surface area contributed by atoms with E-state index in [-0.39, 0.29) is 17.3 Å². The van der Waals surface area contributed by atoms with Gasteiger partial charge in [-0.05, 0) is 55.3 Å². The number of carbonyl (C=O) groups excluding carboxylic acids is 1. The number of sulfonamides is 1. The minimum absolute atomic E-state index is 0.217. The first-order valence-corrected chi connectivity index (χ1v) is 15.1. The van der Waals surface area contributed by atoms with Crippen molar-refractivity contribution in [3.63, 3.8) is 0 Å². The van der Waals surface area contributed by atoms with Crippen LogP contribution in [0.25, 0.3) is 23.0 Å². The summed E-state index contributed by atoms with van der Waals surface area (Å²) in [5.41, 5.74) is 2.72. The van der Waals surface area contributed by atoms with E-state index in [1.165, 1.54) is 21.0 Å². The fourth-order valence-corrected chi connectivity index (χ4v) is 7.46. The number of thiocarbonyl (C=S) groups is 1. The quantitative estimate of drug-likeness (QED) is 0.217. The lowest BCUT2D eigenvalue weighted by Crippen LogP contribution is -2.27. The second-order valence-corrected chi connectivity index (χ2v) is 12.8. The van der Waals surface area contributed by atoms with Crippen LogP contribution >= 0.6 is 24.0 Å². The lowest BCUT2D eigenvalue weighted by molar-refractivity contribution is -0.122. The van der Waals surface area contributed by atoms with Gasteiger partial charge in [0, 0.05) is 30.4 Å². The summed E-state index contributed by atoms with van der Waals surface area (Å²) < 4.78 is 35.6. The maximum absolute atomic E-state index is 13.3. The van der Waals surface area contributed by atoms with E-state index < -0.39 is 10.0 Å². The van der Waals surface area contributed by atoms with Crippen LogP contribution in [-0.4, -0.2) is 50.7 Å². The van der Waals surface area contributed by atoms with Crippen LogP contribution in [0.5, 0.6) is 0 Å². The van der Waals surface area contributed by atoms with E-state index in [2.05, 4.69) is 0 Å². The highest BCUT2D eigenvalue weighted by molar-refractivity contribution is 8.26. The van der Waals surface area contributed by atoms with Crippen molar-refractivity contribution in [1.29, 1.82) is 0 Å². The van der Waals surface area contributed by atoms with Crippen molar-refractivity contribution in [2.45, 2.75) is 24.3 Å². The minimum atomic E-state index is -3.61. The molecule has 6 rings (SSSR count). The van der Waals surface area contributed by atoms with E-state index in [9.17, 15) is 13.2 Å².